The fourth-order valence-corrected chi connectivity index (χ4v) is 1.66. The molecular weight excluding hydrogens is 249 g/mol. The van der Waals surface area contributed by atoms with Gasteiger partial charge in [0.25, 0.3) is 5.91 Å². The second kappa shape index (κ2) is 5.27. The first-order chi connectivity index (χ1) is 8.20. The molecule has 7 heteroatoms. The van der Waals surface area contributed by atoms with Crippen LogP contribution in [0.3, 0.4) is 0 Å². The Bertz CT molecular complexity index is 351. The average Bonchev–Trinajstić information content (AvgIpc) is 2.28. The minimum absolute atomic E-state index is 0.139. The highest BCUT2D eigenvalue weighted by atomic mass is 19.4. The molecule has 1 rings (SSSR count). The van der Waals surface area contributed by atoms with E-state index in [1.54, 1.807) is 13.2 Å². The van der Waals surface area contributed by atoms with Gasteiger partial charge in [-0.05, 0) is 18.9 Å². The lowest BCUT2D eigenvalue weighted by Crippen LogP contribution is -2.62. The lowest BCUT2D eigenvalue weighted by Gasteiger charge is -2.34. The number of rotatable bonds is 3. The normalized spacial score (nSPS) is 20.3. The summed E-state index contributed by atoms with van der Waals surface area (Å²) in [5.41, 5.74) is 3.25. The first-order valence-electron chi connectivity index (χ1n) is 5.52. The third-order valence-electron chi connectivity index (χ3n) is 2.95. The quantitative estimate of drug-likeness (QED) is 0.777. The van der Waals surface area contributed by atoms with Crippen molar-refractivity contribution in [2.24, 2.45) is 5.73 Å². The predicted molar refractivity (Wildman–Crippen MR) is 59.8 cm³/mol. The van der Waals surface area contributed by atoms with E-state index in [0.717, 1.165) is 10.5 Å². The van der Waals surface area contributed by atoms with Gasteiger partial charge in [0, 0.05) is 20.2 Å². The Labute approximate surface area is 104 Å². The van der Waals surface area contributed by atoms with Crippen LogP contribution in [-0.2, 0) is 9.53 Å². The monoisotopic (exact) mass is 266 g/mol. The van der Waals surface area contributed by atoms with Gasteiger partial charge in [-0.15, -0.1) is 0 Å². The Balaban J connectivity index is 2.71. The molecule has 1 heterocycles. The summed E-state index contributed by atoms with van der Waals surface area (Å²) in [6.07, 6.45) is -2.54. The molecule has 1 unspecified atom stereocenters. The number of alkyl halides is 3. The zero-order valence-corrected chi connectivity index (χ0v) is 10.4. The third-order valence-corrected chi connectivity index (χ3v) is 2.95. The Morgan fingerprint density at radius 2 is 2.17 bits per heavy atom. The van der Waals surface area contributed by atoms with Crippen LogP contribution in [0.15, 0.2) is 11.6 Å². The molecule has 1 aliphatic heterocycles. The molecule has 0 saturated heterocycles. The van der Waals surface area contributed by atoms with Crippen molar-refractivity contribution in [3.05, 3.63) is 11.6 Å². The molecule has 0 radical (unpaired) electrons. The number of hydrogen-bond donors (Lipinski definition) is 1. The largest absolute Gasteiger partial charge is 0.415 e. The second-order valence-corrected chi connectivity index (χ2v) is 4.50. The molecule has 0 spiro atoms. The van der Waals surface area contributed by atoms with E-state index >= 15 is 0 Å². The molecule has 1 amide bonds. The maximum Gasteiger partial charge on any atom is 0.415 e. The number of hydrogen-bond acceptors (Lipinski definition) is 3. The van der Waals surface area contributed by atoms with Crippen LogP contribution in [-0.4, -0.2) is 49.3 Å². The van der Waals surface area contributed by atoms with Gasteiger partial charge >= 0.3 is 6.18 Å². The number of methoxy groups -OCH3 is 1. The van der Waals surface area contributed by atoms with E-state index in [1.807, 2.05) is 0 Å². The van der Waals surface area contributed by atoms with Crippen LogP contribution in [0.2, 0.25) is 0 Å². The van der Waals surface area contributed by atoms with Gasteiger partial charge in [-0.3, -0.25) is 4.79 Å². The van der Waals surface area contributed by atoms with Gasteiger partial charge in [0.05, 0.1) is 6.61 Å². The smallest absolute Gasteiger partial charge is 0.380 e. The van der Waals surface area contributed by atoms with Crippen LogP contribution in [0.4, 0.5) is 13.2 Å². The van der Waals surface area contributed by atoms with Crippen molar-refractivity contribution in [1.82, 2.24) is 4.90 Å². The van der Waals surface area contributed by atoms with Gasteiger partial charge in [-0.1, -0.05) is 6.08 Å². The van der Waals surface area contributed by atoms with Crippen molar-refractivity contribution in [1.29, 1.82) is 0 Å². The number of nitrogens with two attached hydrogens (primary N) is 1. The number of amides is 1. The maximum atomic E-state index is 12.6. The van der Waals surface area contributed by atoms with Crippen molar-refractivity contribution in [2.75, 3.05) is 26.8 Å². The van der Waals surface area contributed by atoms with Crippen LogP contribution in [0, 0.1) is 0 Å². The predicted octanol–water partition coefficient (Wildman–Crippen LogP) is 1.07. The Morgan fingerprint density at radius 1 is 1.56 bits per heavy atom. The standard InChI is InChI=1S/C11H17F3N2O2/c1-10(15,11(12,13)14)9(17)16-5-3-8(4-6-16)7-18-2/h3H,4-7,15H2,1-2H3. The molecule has 0 aromatic heterocycles. The Morgan fingerprint density at radius 3 is 2.56 bits per heavy atom. The van der Waals surface area contributed by atoms with Gasteiger partial charge in [0.15, 0.2) is 5.54 Å². The summed E-state index contributed by atoms with van der Waals surface area (Å²) in [5, 5.41) is 0. The summed E-state index contributed by atoms with van der Waals surface area (Å²) < 4.78 is 42.8. The van der Waals surface area contributed by atoms with E-state index in [4.69, 9.17) is 10.5 Å². The SMILES string of the molecule is COCC1=CCN(C(=O)C(C)(N)C(F)(F)F)CC1. The summed E-state index contributed by atoms with van der Waals surface area (Å²) in [4.78, 5) is 12.9. The molecule has 0 bridgehead atoms. The fraction of sp³-hybridized carbons (Fsp3) is 0.727. The lowest BCUT2D eigenvalue weighted by molar-refractivity contribution is -0.193. The zero-order chi connectivity index (χ0) is 14.0. The minimum Gasteiger partial charge on any atom is -0.380 e. The van der Waals surface area contributed by atoms with E-state index in [2.05, 4.69) is 0 Å². The highest BCUT2D eigenvalue weighted by molar-refractivity contribution is 5.87. The number of nitrogens with zero attached hydrogens (tertiary/aromatic N) is 1. The number of ether oxygens (including phenoxy) is 1. The van der Waals surface area contributed by atoms with Gasteiger partial charge in [-0.2, -0.15) is 13.2 Å². The summed E-state index contributed by atoms with van der Waals surface area (Å²) in [5.74, 6) is -1.09. The van der Waals surface area contributed by atoms with E-state index in [1.165, 1.54) is 0 Å². The molecule has 18 heavy (non-hydrogen) atoms. The third kappa shape index (κ3) is 3.02. The van der Waals surface area contributed by atoms with Gasteiger partial charge < -0.3 is 15.4 Å². The van der Waals surface area contributed by atoms with Crippen molar-refractivity contribution in [2.45, 2.75) is 25.1 Å². The molecular formula is C11H17F3N2O2. The van der Waals surface area contributed by atoms with E-state index in [9.17, 15) is 18.0 Å². The number of carbonyl (C=O) groups excluding carboxylic acids is 1. The molecule has 4 nitrogen and oxygen atoms in total. The molecule has 0 fully saturated rings. The van der Waals surface area contributed by atoms with Crippen LogP contribution >= 0.6 is 0 Å². The molecule has 0 saturated carbocycles. The molecule has 0 aromatic carbocycles. The van der Waals surface area contributed by atoms with Crippen LogP contribution in [0.25, 0.3) is 0 Å². The molecule has 1 aliphatic rings. The van der Waals surface area contributed by atoms with Crippen LogP contribution in [0.5, 0.6) is 0 Å². The van der Waals surface area contributed by atoms with E-state index < -0.39 is 17.6 Å². The molecule has 2 N–H and O–H groups in total. The van der Waals surface area contributed by atoms with Crippen molar-refractivity contribution < 1.29 is 22.7 Å². The first-order valence-corrected chi connectivity index (χ1v) is 5.52. The molecule has 1 atom stereocenters. The summed E-state index contributed by atoms with van der Waals surface area (Å²) in [6, 6.07) is 0. The van der Waals surface area contributed by atoms with Gasteiger partial charge in [-0.25, -0.2) is 0 Å². The summed E-state index contributed by atoms with van der Waals surface area (Å²) in [6.45, 7) is 1.50. The highest BCUT2D eigenvalue weighted by Crippen LogP contribution is 2.30. The highest BCUT2D eigenvalue weighted by Gasteiger charge is 2.55. The van der Waals surface area contributed by atoms with Crippen molar-refractivity contribution in [3.63, 3.8) is 0 Å². The van der Waals surface area contributed by atoms with Gasteiger partial charge in [0.2, 0.25) is 0 Å². The minimum atomic E-state index is -4.75. The van der Waals surface area contributed by atoms with E-state index in [-0.39, 0.29) is 13.1 Å². The van der Waals surface area contributed by atoms with Crippen molar-refractivity contribution >= 4 is 5.91 Å². The van der Waals surface area contributed by atoms with Crippen LogP contribution < -0.4 is 5.73 Å². The van der Waals surface area contributed by atoms with Crippen LogP contribution in [0.1, 0.15) is 13.3 Å². The maximum absolute atomic E-state index is 12.6. The topological polar surface area (TPSA) is 55.6 Å². The zero-order valence-electron chi connectivity index (χ0n) is 10.4. The lowest BCUT2D eigenvalue weighted by atomic mass is 9.99. The molecule has 0 aromatic rings. The Hall–Kier alpha value is -1.08. The summed E-state index contributed by atoms with van der Waals surface area (Å²) in [7, 11) is 1.54. The average molecular weight is 266 g/mol. The first kappa shape index (κ1) is 15.0. The number of halogens is 3. The van der Waals surface area contributed by atoms with E-state index in [0.29, 0.717) is 20.0 Å². The van der Waals surface area contributed by atoms with Gasteiger partial charge in [0.1, 0.15) is 0 Å². The molecule has 104 valence electrons. The fourth-order valence-electron chi connectivity index (χ4n) is 1.66. The molecule has 0 aliphatic carbocycles. The van der Waals surface area contributed by atoms with Crippen molar-refractivity contribution in [3.8, 4) is 0 Å². The number of carbonyl (C=O) groups is 1. The Kier molecular flexibility index (Phi) is 4.39. The summed E-state index contributed by atoms with van der Waals surface area (Å²) >= 11 is 0. The second-order valence-electron chi connectivity index (χ2n) is 4.50.